The lowest BCUT2D eigenvalue weighted by Crippen LogP contribution is -2.18. The first kappa shape index (κ1) is 14.1. The van der Waals surface area contributed by atoms with Gasteiger partial charge in [-0.3, -0.25) is 0 Å². The standard InChI is InChI=1S/C18H21FN2/c1-21(17-5-3-2-4-6-17)13-15-11-14(7-10-18(15)19)12-20-16-8-9-16/h2-7,10-11,16,20H,8-9,12-13H2,1H3. The highest BCUT2D eigenvalue weighted by atomic mass is 19.1. The molecule has 0 amide bonds. The molecule has 0 bridgehead atoms. The summed E-state index contributed by atoms with van der Waals surface area (Å²) in [5.41, 5.74) is 3.00. The Balaban J connectivity index is 1.69. The van der Waals surface area contributed by atoms with E-state index in [1.165, 1.54) is 12.8 Å². The lowest BCUT2D eigenvalue weighted by atomic mass is 10.1. The predicted octanol–water partition coefficient (Wildman–Crippen LogP) is 3.71. The fourth-order valence-electron chi connectivity index (χ4n) is 2.44. The maximum atomic E-state index is 14.0. The van der Waals surface area contributed by atoms with Gasteiger partial charge in [-0.2, -0.15) is 0 Å². The molecule has 0 aliphatic heterocycles. The number of anilines is 1. The second-order valence-electron chi connectivity index (χ2n) is 5.77. The van der Waals surface area contributed by atoms with Gasteiger partial charge in [-0.25, -0.2) is 4.39 Å². The summed E-state index contributed by atoms with van der Waals surface area (Å²) in [4.78, 5) is 2.07. The van der Waals surface area contributed by atoms with Crippen LogP contribution in [0.5, 0.6) is 0 Å². The number of hydrogen-bond donors (Lipinski definition) is 1. The summed E-state index contributed by atoms with van der Waals surface area (Å²) in [6, 6.07) is 16.2. The molecule has 0 unspecified atom stereocenters. The van der Waals surface area contributed by atoms with Crippen molar-refractivity contribution in [2.24, 2.45) is 0 Å². The van der Waals surface area contributed by atoms with Crippen LogP contribution in [0.15, 0.2) is 48.5 Å². The average molecular weight is 284 g/mol. The SMILES string of the molecule is CN(Cc1cc(CNC2CC2)ccc1F)c1ccccc1. The van der Waals surface area contributed by atoms with Crippen molar-refractivity contribution in [2.45, 2.75) is 32.0 Å². The lowest BCUT2D eigenvalue weighted by molar-refractivity contribution is 0.604. The van der Waals surface area contributed by atoms with Gasteiger partial charge in [-0.05, 0) is 42.7 Å². The van der Waals surface area contributed by atoms with Gasteiger partial charge in [0.25, 0.3) is 0 Å². The summed E-state index contributed by atoms with van der Waals surface area (Å²) in [6.45, 7) is 1.40. The molecule has 0 saturated heterocycles. The van der Waals surface area contributed by atoms with E-state index in [2.05, 4.69) is 10.2 Å². The Hall–Kier alpha value is -1.87. The van der Waals surface area contributed by atoms with Crippen LogP contribution in [0, 0.1) is 5.82 Å². The molecule has 21 heavy (non-hydrogen) atoms. The van der Waals surface area contributed by atoms with Crippen molar-refractivity contribution in [3.05, 3.63) is 65.5 Å². The molecule has 110 valence electrons. The molecule has 0 atom stereocenters. The summed E-state index contributed by atoms with van der Waals surface area (Å²) in [6.07, 6.45) is 2.54. The Kier molecular flexibility index (Phi) is 4.20. The molecule has 0 spiro atoms. The van der Waals surface area contributed by atoms with E-state index in [0.717, 1.165) is 23.4 Å². The topological polar surface area (TPSA) is 15.3 Å². The first-order chi connectivity index (χ1) is 10.2. The lowest BCUT2D eigenvalue weighted by Gasteiger charge is -2.20. The van der Waals surface area contributed by atoms with Crippen molar-refractivity contribution in [3.8, 4) is 0 Å². The van der Waals surface area contributed by atoms with Gasteiger partial charge in [0.2, 0.25) is 0 Å². The van der Waals surface area contributed by atoms with Gasteiger partial charge < -0.3 is 10.2 Å². The molecule has 1 aliphatic rings. The number of para-hydroxylation sites is 1. The number of rotatable bonds is 6. The van der Waals surface area contributed by atoms with Crippen LogP contribution in [0.25, 0.3) is 0 Å². The molecule has 1 saturated carbocycles. The molecule has 2 aromatic carbocycles. The third-order valence-electron chi connectivity index (χ3n) is 3.89. The van der Waals surface area contributed by atoms with E-state index in [9.17, 15) is 4.39 Å². The molecule has 3 rings (SSSR count). The van der Waals surface area contributed by atoms with E-state index < -0.39 is 0 Å². The zero-order chi connectivity index (χ0) is 14.7. The minimum atomic E-state index is -0.132. The first-order valence-corrected chi connectivity index (χ1v) is 7.49. The molecule has 1 aliphatic carbocycles. The molecule has 2 aromatic rings. The van der Waals surface area contributed by atoms with Crippen LogP contribution in [-0.4, -0.2) is 13.1 Å². The summed E-state index contributed by atoms with van der Waals surface area (Å²) >= 11 is 0. The molecular weight excluding hydrogens is 263 g/mol. The van der Waals surface area contributed by atoms with Crippen molar-refractivity contribution in [1.29, 1.82) is 0 Å². The second-order valence-corrected chi connectivity index (χ2v) is 5.77. The van der Waals surface area contributed by atoms with Crippen LogP contribution >= 0.6 is 0 Å². The smallest absolute Gasteiger partial charge is 0.128 e. The Labute approximate surface area is 125 Å². The van der Waals surface area contributed by atoms with E-state index in [0.29, 0.717) is 12.6 Å². The van der Waals surface area contributed by atoms with E-state index in [-0.39, 0.29) is 5.82 Å². The third-order valence-corrected chi connectivity index (χ3v) is 3.89. The molecular formula is C18H21FN2. The average Bonchev–Trinajstić information content (AvgIpc) is 3.33. The Bertz CT molecular complexity index is 593. The van der Waals surface area contributed by atoms with Crippen molar-refractivity contribution in [3.63, 3.8) is 0 Å². The molecule has 1 N–H and O–H groups in total. The van der Waals surface area contributed by atoms with Crippen molar-refractivity contribution < 1.29 is 4.39 Å². The summed E-state index contributed by atoms with van der Waals surface area (Å²) in [5.74, 6) is -0.132. The molecule has 1 fully saturated rings. The highest BCUT2D eigenvalue weighted by molar-refractivity contribution is 5.46. The van der Waals surface area contributed by atoms with Crippen molar-refractivity contribution in [1.82, 2.24) is 5.32 Å². The van der Waals surface area contributed by atoms with E-state index in [4.69, 9.17) is 0 Å². The van der Waals surface area contributed by atoms with Crippen molar-refractivity contribution in [2.75, 3.05) is 11.9 Å². The highest BCUT2D eigenvalue weighted by Crippen LogP contribution is 2.21. The number of hydrogen-bond acceptors (Lipinski definition) is 2. The Morgan fingerprint density at radius 1 is 1.14 bits per heavy atom. The minimum absolute atomic E-state index is 0.132. The number of benzene rings is 2. The summed E-state index contributed by atoms with van der Waals surface area (Å²) < 4.78 is 14.0. The van der Waals surface area contributed by atoms with Crippen LogP contribution in [0.2, 0.25) is 0 Å². The van der Waals surface area contributed by atoms with Gasteiger partial charge in [-0.15, -0.1) is 0 Å². The first-order valence-electron chi connectivity index (χ1n) is 7.49. The molecule has 0 heterocycles. The predicted molar refractivity (Wildman–Crippen MR) is 84.8 cm³/mol. The number of halogens is 1. The fraction of sp³-hybridized carbons (Fsp3) is 0.333. The van der Waals surface area contributed by atoms with Gasteiger partial charge in [0, 0.05) is 37.4 Å². The van der Waals surface area contributed by atoms with E-state index in [1.54, 1.807) is 6.07 Å². The Morgan fingerprint density at radius 2 is 1.90 bits per heavy atom. The largest absolute Gasteiger partial charge is 0.370 e. The highest BCUT2D eigenvalue weighted by Gasteiger charge is 2.20. The zero-order valence-corrected chi connectivity index (χ0v) is 12.3. The van der Waals surface area contributed by atoms with Gasteiger partial charge in [0.15, 0.2) is 0 Å². The monoisotopic (exact) mass is 284 g/mol. The maximum Gasteiger partial charge on any atom is 0.128 e. The number of nitrogens with zero attached hydrogens (tertiary/aromatic N) is 1. The minimum Gasteiger partial charge on any atom is -0.370 e. The van der Waals surface area contributed by atoms with Gasteiger partial charge in [0.05, 0.1) is 0 Å². The van der Waals surface area contributed by atoms with Gasteiger partial charge >= 0.3 is 0 Å². The normalized spacial score (nSPS) is 14.2. The van der Waals surface area contributed by atoms with E-state index in [1.807, 2.05) is 49.5 Å². The maximum absolute atomic E-state index is 14.0. The molecule has 0 radical (unpaired) electrons. The molecule has 0 aromatic heterocycles. The van der Waals surface area contributed by atoms with Crippen molar-refractivity contribution >= 4 is 5.69 Å². The molecule has 2 nitrogen and oxygen atoms in total. The van der Waals surface area contributed by atoms with Crippen LogP contribution < -0.4 is 10.2 Å². The zero-order valence-electron chi connectivity index (χ0n) is 12.3. The Morgan fingerprint density at radius 3 is 2.62 bits per heavy atom. The van der Waals surface area contributed by atoms with Gasteiger partial charge in [0.1, 0.15) is 5.82 Å². The van der Waals surface area contributed by atoms with Crippen LogP contribution in [0.3, 0.4) is 0 Å². The summed E-state index contributed by atoms with van der Waals surface area (Å²) in [7, 11) is 1.99. The quantitative estimate of drug-likeness (QED) is 0.870. The molecule has 3 heteroatoms. The number of nitrogens with one attached hydrogen (secondary N) is 1. The van der Waals surface area contributed by atoms with Crippen LogP contribution in [-0.2, 0) is 13.1 Å². The van der Waals surface area contributed by atoms with Gasteiger partial charge in [-0.1, -0.05) is 24.3 Å². The van der Waals surface area contributed by atoms with Crippen LogP contribution in [0.4, 0.5) is 10.1 Å². The third kappa shape index (κ3) is 3.82. The second kappa shape index (κ2) is 6.27. The fourth-order valence-corrected chi connectivity index (χ4v) is 2.44. The van der Waals surface area contributed by atoms with E-state index >= 15 is 0 Å². The summed E-state index contributed by atoms with van der Waals surface area (Å²) in [5, 5.41) is 3.47. The van der Waals surface area contributed by atoms with Crippen LogP contribution in [0.1, 0.15) is 24.0 Å².